The molecule has 0 saturated carbocycles. The number of nitrogens with zero attached hydrogens (tertiary/aromatic N) is 3. The lowest BCUT2D eigenvalue weighted by Crippen LogP contribution is -2.33. The number of hydrogen-bond acceptors (Lipinski definition) is 3. The summed E-state index contributed by atoms with van der Waals surface area (Å²) in [5, 5.41) is 3.96. The first-order chi connectivity index (χ1) is 9.49. The smallest absolute Gasteiger partial charge is 0.244 e. The van der Waals surface area contributed by atoms with Gasteiger partial charge in [-0.05, 0) is 19.1 Å². The van der Waals surface area contributed by atoms with Gasteiger partial charge in [-0.3, -0.25) is 9.48 Å². The number of likely N-dealkylation sites (N-methyl/N-ethyl adjacent to an activating group) is 1. The minimum atomic E-state index is -0.350. The fourth-order valence-electron chi connectivity index (χ4n) is 1.95. The van der Waals surface area contributed by atoms with E-state index in [9.17, 15) is 9.18 Å². The van der Waals surface area contributed by atoms with Crippen molar-refractivity contribution in [2.24, 2.45) is 0 Å². The number of anilines is 1. The van der Waals surface area contributed by atoms with Gasteiger partial charge in [-0.1, -0.05) is 18.2 Å². The van der Waals surface area contributed by atoms with E-state index in [-0.39, 0.29) is 24.3 Å². The van der Waals surface area contributed by atoms with Crippen molar-refractivity contribution in [3.63, 3.8) is 0 Å². The quantitative estimate of drug-likeness (QED) is 0.926. The molecule has 0 fully saturated rings. The van der Waals surface area contributed by atoms with Crippen molar-refractivity contribution in [2.45, 2.75) is 19.5 Å². The van der Waals surface area contributed by atoms with Gasteiger partial charge in [0.1, 0.15) is 18.2 Å². The fraction of sp³-hybridized carbons (Fsp3) is 0.286. The average Bonchev–Trinajstić information content (AvgIpc) is 2.83. The van der Waals surface area contributed by atoms with Gasteiger partial charge in [0, 0.05) is 18.8 Å². The number of aromatic nitrogens is 2. The van der Waals surface area contributed by atoms with E-state index in [0.29, 0.717) is 11.4 Å². The molecule has 0 bridgehead atoms. The van der Waals surface area contributed by atoms with Crippen LogP contribution in [-0.4, -0.2) is 27.6 Å². The molecule has 2 N–H and O–H groups in total. The predicted molar refractivity (Wildman–Crippen MR) is 74.2 cm³/mol. The van der Waals surface area contributed by atoms with Crippen molar-refractivity contribution in [3.8, 4) is 0 Å². The van der Waals surface area contributed by atoms with E-state index in [0.717, 1.165) is 0 Å². The predicted octanol–water partition coefficient (Wildman–Crippen LogP) is 1.82. The number of benzene rings is 1. The summed E-state index contributed by atoms with van der Waals surface area (Å²) in [4.78, 5) is 13.6. The molecule has 0 saturated heterocycles. The van der Waals surface area contributed by atoms with E-state index < -0.39 is 0 Å². The summed E-state index contributed by atoms with van der Waals surface area (Å²) in [5.74, 6) is -0.116. The van der Waals surface area contributed by atoms with Gasteiger partial charge in [0.05, 0.1) is 6.04 Å². The maximum Gasteiger partial charge on any atom is 0.244 e. The Kier molecular flexibility index (Phi) is 4.02. The van der Waals surface area contributed by atoms with Crippen LogP contribution in [0.1, 0.15) is 18.5 Å². The SMILES string of the molecule is CC(c1ccccc1F)N(C)C(=O)Cn1ccc(N)n1. The summed E-state index contributed by atoms with van der Waals surface area (Å²) >= 11 is 0. The van der Waals surface area contributed by atoms with Crippen LogP contribution in [0.2, 0.25) is 0 Å². The van der Waals surface area contributed by atoms with Crippen LogP contribution in [0.3, 0.4) is 0 Å². The van der Waals surface area contributed by atoms with Crippen LogP contribution in [0.15, 0.2) is 36.5 Å². The maximum atomic E-state index is 13.7. The first-order valence-corrected chi connectivity index (χ1v) is 6.28. The average molecular weight is 276 g/mol. The summed E-state index contributed by atoms with van der Waals surface area (Å²) in [6, 6.07) is 7.71. The van der Waals surface area contributed by atoms with Gasteiger partial charge in [-0.25, -0.2) is 4.39 Å². The van der Waals surface area contributed by atoms with Crippen molar-refractivity contribution >= 4 is 11.7 Å². The molecule has 0 radical (unpaired) electrons. The first-order valence-electron chi connectivity index (χ1n) is 6.28. The Morgan fingerprint density at radius 3 is 2.75 bits per heavy atom. The standard InChI is InChI=1S/C14H17FN4O/c1-10(11-5-3-4-6-12(11)15)18(2)14(20)9-19-8-7-13(16)17-19/h3-8,10H,9H2,1-2H3,(H2,16,17). The van der Waals surface area contributed by atoms with Gasteiger partial charge in [-0.2, -0.15) is 5.10 Å². The molecule has 1 aromatic carbocycles. The zero-order chi connectivity index (χ0) is 14.7. The molecule has 0 spiro atoms. The summed E-state index contributed by atoms with van der Waals surface area (Å²) in [6.45, 7) is 1.86. The fourth-order valence-corrected chi connectivity index (χ4v) is 1.95. The molecule has 2 rings (SSSR count). The number of amides is 1. The van der Waals surface area contributed by atoms with Crippen LogP contribution in [0.25, 0.3) is 0 Å². The van der Waals surface area contributed by atoms with Crippen LogP contribution >= 0.6 is 0 Å². The number of nitrogen functional groups attached to an aromatic ring is 1. The van der Waals surface area contributed by atoms with Crippen molar-refractivity contribution in [3.05, 3.63) is 47.9 Å². The van der Waals surface area contributed by atoms with E-state index in [2.05, 4.69) is 5.10 Å². The maximum absolute atomic E-state index is 13.7. The second-order valence-corrected chi connectivity index (χ2v) is 4.64. The third kappa shape index (κ3) is 2.96. The Labute approximate surface area is 116 Å². The molecule has 0 aliphatic rings. The normalized spacial score (nSPS) is 12.2. The van der Waals surface area contributed by atoms with Crippen LogP contribution < -0.4 is 5.73 Å². The molecule has 0 aliphatic carbocycles. The molecule has 0 aliphatic heterocycles. The summed E-state index contributed by atoms with van der Waals surface area (Å²) in [6.07, 6.45) is 1.63. The highest BCUT2D eigenvalue weighted by molar-refractivity contribution is 5.76. The molecule has 1 aromatic heterocycles. The van der Waals surface area contributed by atoms with E-state index in [1.807, 2.05) is 0 Å². The van der Waals surface area contributed by atoms with Crippen LogP contribution in [0.5, 0.6) is 0 Å². The van der Waals surface area contributed by atoms with E-state index in [1.54, 1.807) is 44.4 Å². The van der Waals surface area contributed by atoms with Crippen molar-refractivity contribution in [1.82, 2.24) is 14.7 Å². The molecule has 1 amide bonds. The summed E-state index contributed by atoms with van der Waals surface area (Å²) in [5.41, 5.74) is 5.98. The van der Waals surface area contributed by atoms with Crippen molar-refractivity contribution in [2.75, 3.05) is 12.8 Å². The van der Waals surface area contributed by atoms with Crippen LogP contribution in [-0.2, 0) is 11.3 Å². The molecule has 1 unspecified atom stereocenters. The second kappa shape index (κ2) is 5.73. The molecule has 106 valence electrons. The van der Waals surface area contributed by atoms with E-state index in [1.165, 1.54) is 15.6 Å². The monoisotopic (exact) mass is 276 g/mol. The largest absolute Gasteiger partial charge is 0.382 e. The zero-order valence-corrected chi connectivity index (χ0v) is 11.5. The Morgan fingerprint density at radius 1 is 1.45 bits per heavy atom. The highest BCUT2D eigenvalue weighted by Crippen LogP contribution is 2.21. The zero-order valence-electron chi connectivity index (χ0n) is 11.5. The molecule has 2 aromatic rings. The highest BCUT2D eigenvalue weighted by atomic mass is 19.1. The molecule has 1 atom stereocenters. The third-order valence-electron chi connectivity index (χ3n) is 3.29. The summed E-state index contributed by atoms with van der Waals surface area (Å²) < 4.78 is 15.2. The lowest BCUT2D eigenvalue weighted by Gasteiger charge is -2.25. The van der Waals surface area contributed by atoms with Crippen molar-refractivity contribution < 1.29 is 9.18 Å². The van der Waals surface area contributed by atoms with E-state index >= 15 is 0 Å². The van der Waals surface area contributed by atoms with Crippen LogP contribution in [0, 0.1) is 5.82 Å². The molecular formula is C14H17FN4O. The minimum absolute atomic E-state index is 0.0759. The molecule has 6 heteroatoms. The Hall–Kier alpha value is -2.37. The number of nitrogens with two attached hydrogens (primary N) is 1. The highest BCUT2D eigenvalue weighted by Gasteiger charge is 2.20. The van der Waals surface area contributed by atoms with Gasteiger partial charge >= 0.3 is 0 Å². The van der Waals surface area contributed by atoms with Gasteiger partial charge in [0.15, 0.2) is 0 Å². The van der Waals surface area contributed by atoms with Gasteiger partial charge in [-0.15, -0.1) is 0 Å². The van der Waals surface area contributed by atoms with Gasteiger partial charge < -0.3 is 10.6 Å². The molecule has 1 heterocycles. The molecule has 5 nitrogen and oxygen atoms in total. The Morgan fingerprint density at radius 2 is 2.15 bits per heavy atom. The number of halogens is 1. The summed E-state index contributed by atoms with van der Waals surface area (Å²) in [7, 11) is 1.65. The molecular weight excluding hydrogens is 259 g/mol. The second-order valence-electron chi connectivity index (χ2n) is 4.64. The Bertz CT molecular complexity index is 611. The first kappa shape index (κ1) is 14.0. The topological polar surface area (TPSA) is 64.2 Å². The number of carbonyl (C=O) groups excluding carboxylic acids is 1. The van der Waals surface area contributed by atoms with Gasteiger partial charge in [0.25, 0.3) is 0 Å². The van der Waals surface area contributed by atoms with E-state index in [4.69, 9.17) is 5.73 Å². The lowest BCUT2D eigenvalue weighted by atomic mass is 10.1. The van der Waals surface area contributed by atoms with Crippen molar-refractivity contribution in [1.29, 1.82) is 0 Å². The Balaban J connectivity index is 2.08. The lowest BCUT2D eigenvalue weighted by molar-refractivity contribution is -0.132. The number of carbonyl (C=O) groups is 1. The number of hydrogen-bond donors (Lipinski definition) is 1. The molecule has 20 heavy (non-hydrogen) atoms. The number of rotatable bonds is 4. The van der Waals surface area contributed by atoms with Gasteiger partial charge in [0.2, 0.25) is 5.91 Å². The third-order valence-corrected chi connectivity index (χ3v) is 3.29. The minimum Gasteiger partial charge on any atom is -0.382 e. The van der Waals surface area contributed by atoms with Crippen LogP contribution in [0.4, 0.5) is 10.2 Å².